The molecule has 1 N–H and O–H groups in total. The molecule has 1 fully saturated rings. The summed E-state index contributed by atoms with van der Waals surface area (Å²) in [7, 11) is 0. The second-order valence-electron chi connectivity index (χ2n) is 3.75. The van der Waals surface area contributed by atoms with Crippen LogP contribution in [-0.4, -0.2) is 25.3 Å². The van der Waals surface area contributed by atoms with Gasteiger partial charge in [-0.1, -0.05) is 18.2 Å². The first-order valence-electron chi connectivity index (χ1n) is 5.49. The standard InChI is InChI=1S/C12H15NO3/c14-12(15-10-5-2-1-3-6-10)16-11-7-4-8-13-9-11/h1-3,5-6,11,13H,4,7-9H2/t11-/m0/s1. The van der Waals surface area contributed by atoms with Crippen LogP contribution in [0.2, 0.25) is 0 Å². The molecular formula is C12H15NO3. The van der Waals surface area contributed by atoms with Crippen molar-refractivity contribution in [2.24, 2.45) is 0 Å². The molecule has 16 heavy (non-hydrogen) atoms. The molecule has 0 bridgehead atoms. The van der Waals surface area contributed by atoms with Crippen LogP contribution >= 0.6 is 0 Å². The highest BCUT2D eigenvalue weighted by molar-refractivity contribution is 5.63. The Kier molecular flexibility index (Phi) is 3.77. The lowest BCUT2D eigenvalue weighted by Gasteiger charge is -2.22. The maximum absolute atomic E-state index is 11.4. The van der Waals surface area contributed by atoms with Gasteiger partial charge in [0.05, 0.1) is 0 Å². The normalized spacial score (nSPS) is 20.1. The Bertz CT molecular complexity index is 333. The molecule has 0 saturated carbocycles. The second kappa shape index (κ2) is 5.51. The summed E-state index contributed by atoms with van der Waals surface area (Å²) in [4.78, 5) is 11.4. The highest BCUT2D eigenvalue weighted by Gasteiger charge is 2.18. The SMILES string of the molecule is O=C(Oc1ccccc1)O[C@H]1CCCNC1. The molecule has 1 aromatic rings. The van der Waals surface area contributed by atoms with Crippen LogP contribution in [-0.2, 0) is 4.74 Å². The van der Waals surface area contributed by atoms with Crippen molar-refractivity contribution in [2.45, 2.75) is 18.9 Å². The summed E-state index contributed by atoms with van der Waals surface area (Å²) < 4.78 is 10.2. The van der Waals surface area contributed by atoms with Crippen molar-refractivity contribution < 1.29 is 14.3 Å². The minimum Gasteiger partial charge on any atom is -0.429 e. The fourth-order valence-electron chi connectivity index (χ4n) is 1.67. The summed E-state index contributed by atoms with van der Waals surface area (Å²) in [6.45, 7) is 1.71. The van der Waals surface area contributed by atoms with Gasteiger partial charge >= 0.3 is 6.16 Å². The molecule has 0 spiro atoms. The molecule has 0 aromatic heterocycles. The van der Waals surface area contributed by atoms with Crippen molar-refractivity contribution in [3.8, 4) is 5.75 Å². The first kappa shape index (κ1) is 11.0. The molecule has 1 aromatic carbocycles. The Morgan fingerprint density at radius 2 is 2.12 bits per heavy atom. The lowest BCUT2D eigenvalue weighted by Crippen LogP contribution is -2.37. The largest absolute Gasteiger partial charge is 0.514 e. The summed E-state index contributed by atoms with van der Waals surface area (Å²) in [5.41, 5.74) is 0. The predicted molar refractivity (Wildman–Crippen MR) is 59.4 cm³/mol. The van der Waals surface area contributed by atoms with Gasteiger partial charge in [-0.3, -0.25) is 0 Å². The number of piperidine rings is 1. The van der Waals surface area contributed by atoms with Crippen molar-refractivity contribution in [2.75, 3.05) is 13.1 Å². The number of carbonyl (C=O) groups is 1. The maximum Gasteiger partial charge on any atom is 0.514 e. The van der Waals surface area contributed by atoms with Crippen molar-refractivity contribution in [1.82, 2.24) is 5.32 Å². The molecular weight excluding hydrogens is 206 g/mol. The van der Waals surface area contributed by atoms with Crippen LogP contribution in [0.15, 0.2) is 30.3 Å². The van der Waals surface area contributed by atoms with Crippen LogP contribution in [0.25, 0.3) is 0 Å². The Morgan fingerprint density at radius 3 is 2.81 bits per heavy atom. The van der Waals surface area contributed by atoms with Gasteiger partial charge in [0.2, 0.25) is 0 Å². The quantitative estimate of drug-likeness (QED) is 0.612. The summed E-state index contributed by atoms with van der Waals surface area (Å²) in [5.74, 6) is 0.510. The number of hydrogen-bond donors (Lipinski definition) is 1. The topological polar surface area (TPSA) is 47.6 Å². The summed E-state index contributed by atoms with van der Waals surface area (Å²) in [5, 5.41) is 3.17. The zero-order chi connectivity index (χ0) is 11.2. The fourth-order valence-corrected chi connectivity index (χ4v) is 1.67. The molecule has 1 atom stereocenters. The van der Waals surface area contributed by atoms with E-state index < -0.39 is 6.16 Å². The fraction of sp³-hybridized carbons (Fsp3) is 0.417. The molecule has 2 rings (SSSR count). The molecule has 4 heteroatoms. The minimum absolute atomic E-state index is 0.0648. The second-order valence-corrected chi connectivity index (χ2v) is 3.75. The lowest BCUT2D eigenvalue weighted by molar-refractivity contribution is 0.0475. The summed E-state index contributed by atoms with van der Waals surface area (Å²) in [6.07, 6.45) is 1.24. The maximum atomic E-state index is 11.4. The number of hydrogen-bond acceptors (Lipinski definition) is 4. The molecule has 4 nitrogen and oxygen atoms in total. The van der Waals surface area contributed by atoms with Crippen molar-refractivity contribution in [3.05, 3.63) is 30.3 Å². The van der Waals surface area contributed by atoms with Crippen LogP contribution in [0.4, 0.5) is 4.79 Å². The van der Waals surface area contributed by atoms with Gasteiger partial charge in [-0.2, -0.15) is 0 Å². The Morgan fingerprint density at radius 1 is 1.31 bits per heavy atom. The highest BCUT2D eigenvalue weighted by Crippen LogP contribution is 2.12. The van der Waals surface area contributed by atoms with E-state index in [0.717, 1.165) is 19.4 Å². The molecule has 1 aliphatic rings. The monoisotopic (exact) mass is 221 g/mol. The van der Waals surface area contributed by atoms with E-state index in [1.54, 1.807) is 12.1 Å². The summed E-state index contributed by atoms with van der Waals surface area (Å²) >= 11 is 0. The van der Waals surface area contributed by atoms with Gasteiger partial charge in [-0.05, 0) is 31.5 Å². The third-order valence-electron chi connectivity index (χ3n) is 2.46. The van der Waals surface area contributed by atoms with Gasteiger partial charge in [0.1, 0.15) is 11.9 Å². The Labute approximate surface area is 94.6 Å². The van der Waals surface area contributed by atoms with Crippen LogP contribution < -0.4 is 10.1 Å². The zero-order valence-corrected chi connectivity index (χ0v) is 9.02. The van der Waals surface area contributed by atoms with Gasteiger partial charge in [-0.15, -0.1) is 0 Å². The average molecular weight is 221 g/mol. The zero-order valence-electron chi connectivity index (χ0n) is 9.02. The van der Waals surface area contributed by atoms with Crippen molar-refractivity contribution in [1.29, 1.82) is 0 Å². The number of ether oxygens (including phenoxy) is 2. The number of para-hydroxylation sites is 1. The van der Waals surface area contributed by atoms with Crippen LogP contribution in [0.3, 0.4) is 0 Å². The first-order valence-corrected chi connectivity index (χ1v) is 5.49. The molecule has 1 saturated heterocycles. The van der Waals surface area contributed by atoms with Gasteiger partial charge in [0.25, 0.3) is 0 Å². The Balaban J connectivity index is 1.80. The van der Waals surface area contributed by atoms with Crippen LogP contribution in [0.5, 0.6) is 5.75 Å². The molecule has 0 radical (unpaired) electrons. The van der Waals surface area contributed by atoms with E-state index >= 15 is 0 Å². The van der Waals surface area contributed by atoms with E-state index in [1.165, 1.54) is 0 Å². The van der Waals surface area contributed by atoms with E-state index in [0.29, 0.717) is 12.3 Å². The average Bonchev–Trinajstić information content (AvgIpc) is 2.31. The smallest absolute Gasteiger partial charge is 0.429 e. The van der Waals surface area contributed by atoms with E-state index in [-0.39, 0.29) is 6.10 Å². The lowest BCUT2D eigenvalue weighted by atomic mass is 10.1. The first-order chi connectivity index (χ1) is 7.84. The molecule has 0 aliphatic carbocycles. The van der Waals surface area contributed by atoms with Crippen molar-refractivity contribution >= 4 is 6.16 Å². The Hall–Kier alpha value is -1.55. The van der Waals surface area contributed by atoms with E-state index in [1.807, 2.05) is 18.2 Å². The number of rotatable bonds is 2. The van der Waals surface area contributed by atoms with Gasteiger partial charge in [0, 0.05) is 6.54 Å². The van der Waals surface area contributed by atoms with E-state index in [4.69, 9.17) is 9.47 Å². The van der Waals surface area contributed by atoms with Gasteiger partial charge in [-0.25, -0.2) is 4.79 Å². The molecule has 1 heterocycles. The molecule has 0 amide bonds. The van der Waals surface area contributed by atoms with E-state index in [2.05, 4.69) is 5.32 Å². The van der Waals surface area contributed by atoms with Crippen LogP contribution in [0.1, 0.15) is 12.8 Å². The van der Waals surface area contributed by atoms with Gasteiger partial charge < -0.3 is 14.8 Å². The van der Waals surface area contributed by atoms with Crippen LogP contribution in [0, 0.1) is 0 Å². The third kappa shape index (κ3) is 3.24. The third-order valence-corrected chi connectivity index (χ3v) is 2.46. The predicted octanol–water partition coefficient (Wildman–Crippen LogP) is 1.95. The van der Waals surface area contributed by atoms with Gasteiger partial charge in [0.15, 0.2) is 0 Å². The molecule has 1 aliphatic heterocycles. The minimum atomic E-state index is -0.625. The number of benzene rings is 1. The van der Waals surface area contributed by atoms with Crippen molar-refractivity contribution in [3.63, 3.8) is 0 Å². The van der Waals surface area contributed by atoms with E-state index in [9.17, 15) is 4.79 Å². The summed E-state index contributed by atoms with van der Waals surface area (Å²) in [6, 6.07) is 8.93. The highest BCUT2D eigenvalue weighted by atomic mass is 16.7. The number of nitrogens with one attached hydrogen (secondary N) is 1. The molecule has 86 valence electrons. The number of carbonyl (C=O) groups excluding carboxylic acids is 1. The molecule has 0 unspecified atom stereocenters.